The maximum atomic E-state index is 5.98. The number of nitrogens with zero attached hydrogens (tertiary/aromatic N) is 4. The van der Waals surface area contributed by atoms with E-state index < -0.39 is 0 Å². The zero-order chi connectivity index (χ0) is 16.6. The van der Waals surface area contributed by atoms with Crippen LogP contribution in [0.25, 0.3) is 23.0 Å². The van der Waals surface area contributed by atoms with Gasteiger partial charge in [0.1, 0.15) is 6.10 Å². The molecule has 7 heteroatoms. The molecule has 1 unspecified atom stereocenters. The van der Waals surface area contributed by atoms with Crippen LogP contribution < -0.4 is 0 Å². The summed E-state index contributed by atoms with van der Waals surface area (Å²) in [5.74, 6) is 1.01. The van der Waals surface area contributed by atoms with E-state index in [1.54, 1.807) is 11.3 Å². The minimum atomic E-state index is 0.00509. The van der Waals surface area contributed by atoms with Crippen molar-refractivity contribution in [3.63, 3.8) is 0 Å². The van der Waals surface area contributed by atoms with Crippen molar-refractivity contribution in [1.29, 1.82) is 0 Å². The number of thiophene rings is 1. The van der Waals surface area contributed by atoms with Crippen LogP contribution in [0.15, 0.2) is 57.7 Å². The van der Waals surface area contributed by atoms with Crippen LogP contribution in [0.1, 0.15) is 17.4 Å². The highest BCUT2D eigenvalue weighted by Crippen LogP contribution is 2.29. The minimum Gasteiger partial charge on any atom is -0.365 e. The Labute approximate surface area is 147 Å². The third-order valence-electron chi connectivity index (χ3n) is 4.23. The van der Waals surface area contributed by atoms with Gasteiger partial charge in [0.2, 0.25) is 5.82 Å². The van der Waals surface area contributed by atoms with Crippen LogP contribution in [0.5, 0.6) is 0 Å². The predicted octanol–water partition coefficient (Wildman–Crippen LogP) is 3.93. The molecule has 1 aliphatic heterocycles. The smallest absolute Gasteiger partial charge is 0.278 e. The van der Waals surface area contributed by atoms with Crippen LogP contribution in [0.2, 0.25) is 0 Å². The van der Waals surface area contributed by atoms with Gasteiger partial charge in [-0.3, -0.25) is 4.68 Å². The highest BCUT2D eigenvalue weighted by atomic mass is 32.1. The molecular formula is C18H14N4O2S. The van der Waals surface area contributed by atoms with Gasteiger partial charge in [-0.2, -0.15) is 21.4 Å². The first kappa shape index (κ1) is 14.6. The van der Waals surface area contributed by atoms with E-state index in [2.05, 4.69) is 27.4 Å². The molecule has 5 rings (SSSR count). The van der Waals surface area contributed by atoms with Gasteiger partial charge in [0.05, 0.1) is 18.8 Å². The molecule has 6 nitrogen and oxygen atoms in total. The van der Waals surface area contributed by atoms with Gasteiger partial charge < -0.3 is 9.26 Å². The second-order valence-electron chi connectivity index (χ2n) is 5.85. The molecule has 0 spiro atoms. The van der Waals surface area contributed by atoms with Gasteiger partial charge >= 0.3 is 0 Å². The summed E-state index contributed by atoms with van der Waals surface area (Å²) in [6.45, 7) is 1.18. The monoisotopic (exact) mass is 350 g/mol. The van der Waals surface area contributed by atoms with Gasteiger partial charge in [-0.15, -0.1) is 0 Å². The summed E-state index contributed by atoms with van der Waals surface area (Å²) in [7, 11) is 0. The highest BCUT2D eigenvalue weighted by Gasteiger charge is 2.24. The molecule has 1 aliphatic rings. The van der Waals surface area contributed by atoms with Gasteiger partial charge in [-0.25, -0.2) is 0 Å². The van der Waals surface area contributed by atoms with Gasteiger partial charge in [0.15, 0.2) is 5.69 Å². The molecule has 0 saturated carbocycles. The van der Waals surface area contributed by atoms with Crippen LogP contribution in [0.3, 0.4) is 0 Å². The van der Waals surface area contributed by atoms with Crippen LogP contribution >= 0.6 is 11.3 Å². The normalized spacial score (nSPS) is 16.7. The number of fused-ring (bicyclic) bond motifs is 1. The lowest BCUT2D eigenvalue weighted by Gasteiger charge is -2.24. The number of ether oxygens (including phenoxy) is 1. The first-order valence-electron chi connectivity index (χ1n) is 7.97. The first-order valence-corrected chi connectivity index (χ1v) is 8.91. The summed E-state index contributed by atoms with van der Waals surface area (Å²) in [6, 6.07) is 14.1. The van der Waals surface area contributed by atoms with Crippen LogP contribution in [-0.2, 0) is 17.9 Å². The van der Waals surface area contributed by atoms with E-state index in [1.165, 1.54) is 0 Å². The Bertz CT molecular complexity index is 991. The lowest BCUT2D eigenvalue weighted by molar-refractivity contribution is -0.00113. The van der Waals surface area contributed by atoms with E-state index in [1.807, 2.05) is 45.8 Å². The fourth-order valence-electron chi connectivity index (χ4n) is 2.94. The SMILES string of the molecule is c1ccc(C2Cn3nc(-c4nc(-c5ccsc5)no4)cc3CO2)cc1. The fraction of sp³-hybridized carbons (Fsp3) is 0.167. The topological polar surface area (TPSA) is 66.0 Å². The van der Waals surface area contributed by atoms with Gasteiger partial charge in [-0.05, 0) is 23.1 Å². The molecule has 1 atom stereocenters. The second kappa shape index (κ2) is 5.94. The Morgan fingerprint density at radius 1 is 1.16 bits per heavy atom. The molecule has 0 N–H and O–H groups in total. The van der Waals surface area contributed by atoms with E-state index in [4.69, 9.17) is 9.26 Å². The van der Waals surface area contributed by atoms with Crippen molar-refractivity contribution in [3.8, 4) is 23.0 Å². The van der Waals surface area contributed by atoms with Crippen molar-refractivity contribution in [2.45, 2.75) is 19.3 Å². The maximum absolute atomic E-state index is 5.98. The van der Waals surface area contributed by atoms with E-state index in [0.717, 1.165) is 16.8 Å². The molecule has 3 aromatic heterocycles. The van der Waals surface area contributed by atoms with Gasteiger partial charge in [-0.1, -0.05) is 35.5 Å². The van der Waals surface area contributed by atoms with Crippen molar-refractivity contribution >= 4 is 11.3 Å². The standard InChI is InChI=1S/C18H14N4O2S/c1-2-4-12(5-3-1)16-9-22-14(10-23-16)8-15(20-22)18-19-17(21-24-18)13-6-7-25-11-13/h1-8,11,16H,9-10H2. The third-order valence-corrected chi connectivity index (χ3v) is 4.91. The Hall–Kier alpha value is -2.77. The van der Waals surface area contributed by atoms with Crippen molar-refractivity contribution in [3.05, 3.63) is 64.5 Å². The molecule has 0 radical (unpaired) electrons. The second-order valence-corrected chi connectivity index (χ2v) is 6.63. The molecule has 0 saturated heterocycles. The number of aromatic nitrogens is 4. The number of hydrogen-bond acceptors (Lipinski definition) is 6. The lowest BCUT2D eigenvalue weighted by atomic mass is 10.1. The predicted molar refractivity (Wildman–Crippen MR) is 92.8 cm³/mol. The number of rotatable bonds is 3. The molecule has 1 aromatic carbocycles. The maximum Gasteiger partial charge on any atom is 0.278 e. The van der Waals surface area contributed by atoms with E-state index in [0.29, 0.717) is 30.6 Å². The van der Waals surface area contributed by atoms with E-state index in [9.17, 15) is 0 Å². The lowest BCUT2D eigenvalue weighted by Crippen LogP contribution is -2.21. The summed E-state index contributed by atoms with van der Waals surface area (Å²) >= 11 is 1.60. The van der Waals surface area contributed by atoms with Gasteiger partial charge in [0.25, 0.3) is 5.89 Å². The molecule has 4 aromatic rings. The summed E-state index contributed by atoms with van der Waals surface area (Å²) in [5.41, 5.74) is 3.80. The molecule has 0 amide bonds. The molecule has 0 aliphatic carbocycles. The quantitative estimate of drug-likeness (QED) is 0.560. The van der Waals surface area contributed by atoms with Crippen molar-refractivity contribution in [2.24, 2.45) is 0 Å². The Morgan fingerprint density at radius 2 is 2.08 bits per heavy atom. The number of benzene rings is 1. The summed E-state index contributed by atoms with van der Waals surface area (Å²) in [5, 5.41) is 12.7. The van der Waals surface area contributed by atoms with Crippen molar-refractivity contribution in [2.75, 3.05) is 0 Å². The summed E-state index contributed by atoms with van der Waals surface area (Å²) in [4.78, 5) is 4.46. The first-order chi connectivity index (χ1) is 12.4. The molecule has 124 valence electrons. The average molecular weight is 350 g/mol. The molecule has 0 fully saturated rings. The van der Waals surface area contributed by atoms with Crippen molar-refractivity contribution in [1.82, 2.24) is 19.9 Å². The average Bonchev–Trinajstić information content (AvgIpc) is 3.40. The van der Waals surface area contributed by atoms with Crippen LogP contribution in [0, 0.1) is 0 Å². The van der Waals surface area contributed by atoms with Crippen LogP contribution in [0.4, 0.5) is 0 Å². The molecule has 25 heavy (non-hydrogen) atoms. The summed E-state index contributed by atoms with van der Waals surface area (Å²) < 4.78 is 13.3. The highest BCUT2D eigenvalue weighted by molar-refractivity contribution is 7.08. The molecule has 4 heterocycles. The van der Waals surface area contributed by atoms with Crippen LogP contribution in [-0.4, -0.2) is 19.9 Å². The largest absolute Gasteiger partial charge is 0.365 e. The Kier molecular flexibility index (Phi) is 3.46. The van der Waals surface area contributed by atoms with E-state index >= 15 is 0 Å². The van der Waals surface area contributed by atoms with E-state index in [-0.39, 0.29) is 6.10 Å². The van der Waals surface area contributed by atoms with Gasteiger partial charge in [0, 0.05) is 10.9 Å². The number of hydrogen-bond donors (Lipinski definition) is 0. The molecular weight excluding hydrogens is 336 g/mol. The minimum absolute atomic E-state index is 0.00509. The fourth-order valence-corrected chi connectivity index (χ4v) is 3.57. The van der Waals surface area contributed by atoms with Crippen molar-refractivity contribution < 1.29 is 9.26 Å². The molecule has 0 bridgehead atoms. The zero-order valence-electron chi connectivity index (χ0n) is 13.2. The Balaban J connectivity index is 1.42. The Morgan fingerprint density at radius 3 is 2.92 bits per heavy atom. The third kappa shape index (κ3) is 2.67. The zero-order valence-corrected chi connectivity index (χ0v) is 14.0. The summed E-state index contributed by atoms with van der Waals surface area (Å²) in [6.07, 6.45) is 0.00509.